The maximum atomic E-state index is 11.2. The SMILES string of the molecule is CNC(=O)Oc1ccc(C)c2c1OC(C)(C)O2. The first-order valence-electron chi connectivity index (χ1n) is 5.34. The zero-order chi connectivity index (χ0) is 12.6. The maximum Gasteiger partial charge on any atom is 0.412 e. The molecule has 5 heteroatoms. The van der Waals surface area contributed by atoms with E-state index in [-0.39, 0.29) is 0 Å². The van der Waals surface area contributed by atoms with Gasteiger partial charge < -0.3 is 19.5 Å². The monoisotopic (exact) mass is 237 g/mol. The minimum Gasteiger partial charge on any atom is -0.449 e. The molecule has 5 nitrogen and oxygen atoms in total. The molecule has 1 aromatic carbocycles. The fraction of sp³-hybridized carbons (Fsp3) is 0.417. The van der Waals surface area contributed by atoms with E-state index in [4.69, 9.17) is 14.2 Å². The van der Waals surface area contributed by atoms with E-state index in [2.05, 4.69) is 5.32 Å². The van der Waals surface area contributed by atoms with Gasteiger partial charge >= 0.3 is 6.09 Å². The summed E-state index contributed by atoms with van der Waals surface area (Å²) in [5.41, 5.74) is 0.940. The third-order valence-corrected chi connectivity index (χ3v) is 2.38. The van der Waals surface area contributed by atoms with Crippen LogP contribution in [0.4, 0.5) is 4.79 Å². The number of carbonyl (C=O) groups excluding carboxylic acids is 1. The number of carbonyl (C=O) groups is 1. The molecule has 92 valence electrons. The lowest BCUT2D eigenvalue weighted by Gasteiger charge is -2.16. The number of benzene rings is 1. The van der Waals surface area contributed by atoms with Gasteiger partial charge in [-0.2, -0.15) is 0 Å². The van der Waals surface area contributed by atoms with E-state index in [1.54, 1.807) is 19.9 Å². The molecule has 0 atom stereocenters. The normalized spacial score (nSPS) is 15.5. The summed E-state index contributed by atoms with van der Waals surface area (Å²) in [5, 5.41) is 2.38. The molecule has 0 unspecified atom stereocenters. The van der Waals surface area contributed by atoms with Gasteiger partial charge in [0.25, 0.3) is 0 Å². The standard InChI is InChI=1S/C12H15NO4/c1-7-5-6-8(15-11(14)13-4)10-9(7)16-12(2,3)17-10/h5-6H,1-4H3,(H,13,14). The molecule has 1 aliphatic heterocycles. The highest BCUT2D eigenvalue weighted by atomic mass is 16.7. The van der Waals surface area contributed by atoms with Crippen molar-refractivity contribution in [1.29, 1.82) is 0 Å². The number of fused-ring (bicyclic) bond motifs is 1. The second kappa shape index (κ2) is 3.84. The van der Waals surface area contributed by atoms with E-state index in [0.29, 0.717) is 17.2 Å². The predicted octanol–water partition coefficient (Wildman–Crippen LogP) is 2.22. The Kier molecular flexibility index (Phi) is 2.61. The quantitative estimate of drug-likeness (QED) is 0.813. The molecule has 0 saturated carbocycles. The molecule has 17 heavy (non-hydrogen) atoms. The Bertz CT molecular complexity index is 468. The molecule has 0 aromatic heterocycles. The Hall–Kier alpha value is -1.91. The molecular weight excluding hydrogens is 222 g/mol. The van der Waals surface area contributed by atoms with Crippen molar-refractivity contribution in [3.8, 4) is 17.2 Å². The Labute approximate surface area is 99.7 Å². The number of hydrogen-bond acceptors (Lipinski definition) is 4. The van der Waals surface area contributed by atoms with Gasteiger partial charge in [-0.3, -0.25) is 0 Å². The molecule has 1 aromatic rings. The first-order chi connectivity index (χ1) is 7.93. The minimum absolute atomic E-state index is 0.357. The average molecular weight is 237 g/mol. The van der Waals surface area contributed by atoms with E-state index in [1.165, 1.54) is 7.05 Å². The van der Waals surface area contributed by atoms with E-state index >= 15 is 0 Å². The molecule has 0 saturated heterocycles. The van der Waals surface area contributed by atoms with Gasteiger partial charge in [0.15, 0.2) is 11.5 Å². The molecule has 1 amide bonds. The molecule has 0 radical (unpaired) electrons. The Morgan fingerprint density at radius 1 is 1.29 bits per heavy atom. The van der Waals surface area contributed by atoms with E-state index in [9.17, 15) is 4.79 Å². The number of rotatable bonds is 1. The zero-order valence-corrected chi connectivity index (χ0v) is 10.3. The van der Waals surface area contributed by atoms with Crippen molar-refractivity contribution < 1.29 is 19.0 Å². The topological polar surface area (TPSA) is 56.8 Å². The van der Waals surface area contributed by atoms with Crippen LogP contribution < -0.4 is 19.5 Å². The maximum absolute atomic E-state index is 11.2. The molecule has 0 fully saturated rings. The van der Waals surface area contributed by atoms with E-state index in [1.807, 2.05) is 13.0 Å². The van der Waals surface area contributed by atoms with Gasteiger partial charge in [0.2, 0.25) is 11.5 Å². The fourth-order valence-electron chi connectivity index (χ4n) is 1.61. The molecule has 0 spiro atoms. The molecule has 2 rings (SSSR count). The third kappa shape index (κ3) is 2.13. The van der Waals surface area contributed by atoms with Gasteiger partial charge in [-0.1, -0.05) is 6.07 Å². The van der Waals surface area contributed by atoms with E-state index in [0.717, 1.165) is 5.56 Å². The lowest BCUT2D eigenvalue weighted by molar-refractivity contribution is -0.0441. The van der Waals surface area contributed by atoms with Crippen molar-refractivity contribution in [3.05, 3.63) is 17.7 Å². The smallest absolute Gasteiger partial charge is 0.412 e. The molecule has 0 aliphatic carbocycles. The lowest BCUT2D eigenvalue weighted by Crippen LogP contribution is -2.30. The van der Waals surface area contributed by atoms with Crippen LogP contribution in [0.25, 0.3) is 0 Å². The molecule has 1 heterocycles. The van der Waals surface area contributed by atoms with Crippen LogP contribution in [0.2, 0.25) is 0 Å². The van der Waals surface area contributed by atoms with Crippen LogP contribution in [0, 0.1) is 6.92 Å². The predicted molar refractivity (Wildman–Crippen MR) is 61.6 cm³/mol. The fourth-order valence-corrected chi connectivity index (χ4v) is 1.61. The van der Waals surface area contributed by atoms with Gasteiger partial charge in [0, 0.05) is 20.9 Å². The highest BCUT2D eigenvalue weighted by Gasteiger charge is 2.35. The van der Waals surface area contributed by atoms with Crippen LogP contribution in [0.15, 0.2) is 12.1 Å². The summed E-state index contributed by atoms with van der Waals surface area (Å²) in [7, 11) is 1.50. The van der Waals surface area contributed by atoms with Crippen molar-refractivity contribution >= 4 is 6.09 Å². The second-order valence-electron chi connectivity index (χ2n) is 4.28. The number of hydrogen-bond donors (Lipinski definition) is 1. The second-order valence-corrected chi connectivity index (χ2v) is 4.28. The zero-order valence-electron chi connectivity index (χ0n) is 10.3. The van der Waals surface area contributed by atoms with Crippen LogP contribution in [0.5, 0.6) is 17.2 Å². The Morgan fingerprint density at radius 2 is 1.94 bits per heavy atom. The van der Waals surface area contributed by atoms with Crippen LogP contribution in [0.1, 0.15) is 19.4 Å². The highest BCUT2D eigenvalue weighted by molar-refractivity contribution is 5.72. The van der Waals surface area contributed by atoms with Crippen LogP contribution in [-0.4, -0.2) is 18.9 Å². The average Bonchev–Trinajstić information content (AvgIpc) is 2.59. The minimum atomic E-state index is -0.741. The van der Waals surface area contributed by atoms with Gasteiger partial charge in [-0.05, 0) is 18.6 Å². The molecule has 1 aliphatic rings. The van der Waals surface area contributed by atoms with Crippen molar-refractivity contribution in [2.45, 2.75) is 26.6 Å². The largest absolute Gasteiger partial charge is 0.449 e. The van der Waals surface area contributed by atoms with Crippen LogP contribution in [0.3, 0.4) is 0 Å². The molecule has 0 bridgehead atoms. The van der Waals surface area contributed by atoms with Crippen molar-refractivity contribution in [2.75, 3.05) is 7.05 Å². The summed E-state index contributed by atoms with van der Waals surface area (Å²) in [5.74, 6) is 0.709. The summed E-state index contributed by atoms with van der Waals surface area (Å²) in [6, 6.07) is 3.51. The number of amides is 1. The third-order valence-electron chi connectivity index (χ3n) is 2.38. The highest BCUT2D eigenvalue weighted by Crippen LogP contribution is 2.47. The van der Waals surface area contributed by atoms with Crippen molar-refractivity contribution in [2.24, 2.45) is 0 Å². The van der Waals surface area contributed by atoms with Crippen LogP contribution >= 0.6 is 0 Å². The first kappa shape index (κ1) is 11.6. The van der Waals surface area contributed by atoms with Gasteiger partial charge in [-0.25, -0.2) is 4.79 Å². The summed E-state index contributed by atoms with van der Waals surface area (Å²) in [6.45, 7) is 5.51. The van der Waals surface area contributed by atoms with Gasteiger partial charge in [0.1, 0.15) is 0 Å². The van der Waals surface area contributed by atoms with E-state index < -0.39 is 11.9 Å². The number of nitrogens with one attached hydrogen (secondary N) is 1. The lowest BCUT2D eigenvalue weighted by atomic mass is 10.2. The van der Waals surface area contributed by atoms with Gasteiger partial charge in [-0.15, -0.1) is 0 Å². The van der Waals surface area contributed by atoms with Crippen molar-refractivity contribution in [1.82, 2.24) is 5.32 Å². The number of aryl methyl sites for hydroxylation is 1. The molecule has 1 N–H and O–H groups in total. The van der Waals surface area contributed by atoms with Crippen LogP contribution in [-0.2, 0) is 0 Å². The summed E-state index contributed by atoms with van der Waals surface area (Å²) < 4.78 is 16.4. The first-order valence-corrected chi connectivity index (χ1v) is 5.34. The Morgan fingerprint density at radius 3 is 2.59 bits per heavy atom. The number of ether oxygens (including phenoxy) is 3. The Balaban J connectivity index is 2.38. The summed E-state index contributed by atoms with van der Waals surface area (Å²) >= 11 is 0. The summed E-state index contributed by atoms with van der Waals surface area (Å²) in [4.78, 5) is 11.2. The summed E-state index contributed by atoms with van der Waals surface area (Å²) in [6.07, 6.45) is -0.538. The molecular formula is C12H15NO4. The van der Waals surface area contributed by atoms with Crippen molar-refractivity contribution in [3.63, 3.8) is 0 Å². The van der Waals surface area contributed by atoms with Gasteiger partial charge in [0.05, 0.1) is 0 Å².